The van der Waals surface area contributed by atoms with Crippen LogP contribution < -0.4 is 9.47 Å². The first-order valence-electron chi connectivity index (χ1n) is 5.96. The summed E-state index contributed by atoms with van der Waals surface area (Å²) in [6, 6.07) is 10.1. The van der Waals surface area contributed by atoms with Gasteiger partial charge < -0.3 is 9.47 Å². The summed E-state index contributed by atoms with van der Waals surface area (Å²) >= 11 is 15.2. The highest BCUT2D eigenvalue weighted by atomic mass is 79.9. The Morgan fingerprint density at radius 3 is 2.71 bits per heavy atom. The number of halogens is 3. The van der Waals surface area contributed by atoms with Crippen LogP contribution in [0.3, 0.4) is 0 Å². The molecule has 0 aliphatic heterocycles. The zero-order chi connectivity index (χ0) is 15.4. The lowest BCUT2D eigenvalue weighted by atomic mass is 10.1. The van der Waals surface area contributed by atoms with Crippen LogP contribution in [0.25, 0.3) is 0 Å². The van der Waals surface area contributed by atoms with E-state index in [0.717, 1.165) is 0 Å². The van der Waals surface area contributed by atoms with Crippen LogP contribution in [-0.2, 0) is 0 Å². The molecule has 0 heterocycles. The third kappa shape index (κ3) is 3.90. The summed E-state index contributed by atoms with van der Waals surface area (Å²) in [5, 5.41) is 0.785. The van der Waals surface area contributed by atoms with Crippen molar-refractivity contribution >= 4 is 44.9 Å². The number of carbonyl (C=O) groups is 1. The zero-order valence-electron chi connectivity index (χ0n) is 11.0. The molecule has 0 radical (unpaired) electrons. The summed E-state index contributed by atoms with van der Waals surface area (Å²) in [6.07, 6.45) is 0. The van der Waals surface area contributed by atoms with Gasteiger partial charge in [0.2, 0.25) is 5.78 Å². The maximum absolute atomic E-state index is 12.2. The number of hydrogen-bond acceptors (Lipinski definition) is 3. The smallest absolute Gasteiger partial charge is 0.201 e. The number of benzene rings is 2. The highest BCUT2D eigenvalue weighted by Crippen LogP contribution is 2.35. The lowest BCUT2D eigenvalue weighted by Gasteiger charge is -2.12. The van der Waals surface area contributed by atoms with Gasteiger partial charge in [-0.3, -0.25) is 4.79 Å². The first-order chi connectivity index (χ1) is 10.0. The number of para-hydroxylation sites is 1. The third-order valence-electron chi connectivity index (χ3n) is 2.73. The Morgan fingerprint density at radius 1 is 1.24 bits per heavy atom. The van der Waals surface area contributed by atoms with Gasteiger partial charge in [-0.15, -0.1) is 0 Å². The molecular formula is C15H11BrCl2O3. The number of ether oxygens (including phenoxy) is 2. The molecule has 0 aromatic heterocycles. The number of carbonyl (C=O) groups excluding carboxylic acids is 1. The standard InChI is InChI=1S/C15H11BrCl2O3/c1-20-14-4-2-3-11(16)15(14)21-8-13(19)10-7-9(17)5-6-12(10)18/h2-7H,8H2,1H3. The predicted molar refractivity (Wildman–Crippen MR) is 87.0 cm³/mol. The van der Waals surface area contributed by atoms with Gasteiger partial charge in [-0.25, -0.2) is 0 Å². The summed E-state index contributed by atoms with van der Waals surface area (Å²) < 4.78 is 11.4. The largest absolute Gasteiger partial charge is 0.493 e. The molecule has 6 heteroatoms. The van der Waals surface area contributed by atoms with Crippen LogP contribution in [0.1, 0.15) is 10.4 Å². The first kappa shape index (κ1) is 16.1. The van der Waals surface area contributed by atoms with E-state index in [2.05, 4.69) is 15.9 Å². The van der Waals surface area contributed by atoms with Gasteiger partial charge in [0.25, 0.3) is 0 Å². The molecule has 0 aliphatic carbocycles. The van der Waals surface area contributed by atoms with Gasteiger partial charge >= 0.3 is 0 Å². The lowest BCUT2D eigenvalue weighted by molar-refractivity contribution is 0.0919. The topological polar surface area (TPSA) is 35.5 Å². The summed E-state index contributed by atoms with van der Waals surface area (Å²) in [4.78, 5) is 12.2. The number of hydrogen-bond donors (Lipinski definition) is 0. The van der Waals surface area contributed by atoms with E-state index in [0.29, 0.717) is 31.6 Å². The third-order valence-corrected chi connectivity index (χ3v) is 3.92. The van der Waals surface area contributed by atoms with Crippen LogP contribution in [0.2, 0.25) is 10.0 Å². The Morgan fingerprint density at radius 2 is 2.00 bits per heavy atom. The average molecular weight is 390 g/mol. The summed E-state index contributed by atoms with van der Waals surface area (Å²) in [7, 11) is 1.53. The molecule has 0 amide bonds. The van der Waals surface area contributed by atoms with Crippen LogP contribution in [0.4, 0.5) is 0 Å². The summed E-state index contributed by atoms with van der Waals surface area (Å²) in [5.41, 5.74) is 0.329. The molecule has 0 saturated carbocycles. The van der Waals surface area contributed by atoms with Gasteiger partial charge in [0, 0.05) is 10.6 Å². The second kappa shape index (κ2) is 7.16. The molecule has 0 bridgehead atoms. The van der Waals surface area contributed by atoms with Crippen molar-refractivity contribution in [3.05, 3.63) is 56.5 Å². The van der Waals surface area contributed by atoms with Crippen LogP contribution >= 0.6 is 39.1 Å². The molecule has 0 spiro atoms. The van der Waals surface area contributed by atoms with E-state index >= 15 is 0 Å². The van der Waals surface area contributed by atoms with Crippen LogP contribution in [0.15, 0.2) is 40.9 Å². The molecule has 0 fully saturated rings. The molecule has 21 heavy (non-hydrogen) atoms. The number of Topliss-reactive ketones (excluding diaryl/α,β-unsaturated/α-hetero) is 1. The van der Waals surface area contributed by atoms with Crippen LogP contribution in [0, 0.1) is 0 Å². The van der Waals surface area contributed by atoms with Gasteiger partial charge in [0.15, 0.2) is 18.1 Å². The van der Waals surface area contributed by atoms with Crippen LogP contribution in [-0.4, -0.2) is 19.5 Å². The molecule has 2 rings (SSSR count). The van der Waals surface area contributed by atoms with E-state index in [-0.39, 0.29) is 12.4 Å². The minimum Gasteiger partial charge on any atom is -0.493 e. The summed E-state index contributed by atoms with van der Waals surface area (Å²) in [5.74, 6) is 0.737. The number of ketones is 1. The monoisotopic (exact) mass is 388 g/mol. The molecule has 2 aromatic rings. The normalized spacial score (nSPS) is 10.3. The van der Waals surface area contributed by atoms with Gasteiger partial charge in [-0.2, -0.15) is 0 Å². The molecule has 110 valence electrons. The van der Waals surface area contributed by atoms with Crippen molar-refractivity contribution in [3.8, 4) is 11.5 Å². The lowest BCUT2D eigenvalue weighted by Crippen LogP contribution is -2.13. The molecule has 0 unspecified atom stereocenters. The van der Waals surface area contributed by atoms with E-state index in [1.807, 2.05) is 6.07 Å². The molecule has 0 saturated heterocycles. The Hall–Kier alpha value is -1.23. The SMILES string of the molecule is COc1cccc(Br)c1OCC(=O)c1cc(Cl)ccc1Cl. The van der Waals surface area contributed by atoms with Crippen molar-refractivity contribution in [1.82, 2.24) is 0 Å². The van der Waals surface area contributed by atoms with Crippen molar-refractivity contribution in [3.63, 3.8) is 0 Å². The molecule has 2 aromatic carbocycles. The highest BCUT2D eigenvalue weighted by Gasteiger charge is 2.15. The summed E-state index contributed by atoms with van der Waals surface area (Å²) in [6.45, 7) is -0.168. The number of rotatable bonds is 5. The van der Waals surface area contributed by atoms with Gasteiger partial charge in [0.1, 0.15) is 0 Å². The predicted octanol–water partition coefficient (Wildman–Crippen LogP) is 5.03. The Bertz CT molecular complexity index is 674. The second-order valence-electron chi connectivity index (χ2n) is 4.11. The molecule has 3 nitrogen and oxygen atoms in total. The zero-order valence-corrected chi connectivity index (χ0v) is 14.1. The van der Waals surface area contributed by atoms with E-state index in [1.54, 1.807) is 24.3 Å². The molecule has 0 atom stereocenters. The fourth-order valence-corrected chi connectivity index (χ4v) is 2.57. The quantitative estimate of drug-likeness (QED) is 0.673. The van der Waals surface area contributed by atoms with Crippen molar-refractivity contribution in [2.24, 2.45) is 0 Å². The van der Waals surface area contributed by atoms with E-state index in [1.165, 1.54) is 13.2 Å². The van der Waals surface area contributed by atoms with E-state index < -0.39 is 0 Å². The molecule has 0 aliphatic rings. The second-order valence-corrected chi connectivity index (χ2v) is 5.81. The Balaban J connectivity index is 2.17. The fourth-order valence-electron chi connectivity index (χ4n) is 1.72. The van der Waals surface area contributed by atoms with Crippen molar-refractivity contribution < 1.29 is 14.3 Å². The number of methoxy groups -OCH3 is 1. The molecule has 0 N–H and O–H groups in total. The Labute approximate surface area is 140 Å². The van der Waals surface area contributed by atoms with Crippen LogP contribution in [0.5, 0.6) is 11.5 Å². The maximum atomic E-state index is 12.2. The molecular weight excluding hydrogens is 379 g/mol. The van der Waals surface area contributed by atoms with Crippen molar-refractivity contribution in [2.45, 2.75) is 0 Å². The highest BCUT2D eigenvalue weighted by molar-refractivity contribution is 9.10. The Kier molecular flexibility index (Phi) is 5.51. The van der Waals surface area contributed by atoms with Gasteiger partial charge in [-0.05, 0) is 46.3 Å². The van der Waals surface area contributed by atoms with Gasteiger partial charge in [-0.1, -0.05) is 29.3 Å². The minimum atomic E-state index is -0.264. The fraction of sp³-hybridized carbons (Fsp3) is 0.133. The van der Waals surface area contributed by atoms with Crippen molar-refractivity contribution in [2.75, 3.05) is 13.7 Å². The van der Waals surface area contributed by atoms with E-state index in [9.17, 15) is 4.79 Å². The maximum Gasteiger partial charge on any atom is 0.201 e. The van der Waals surface area contributed by atoms with Gasteiger partial charge in [0.05, 0.1) is 16.6 Å². The van der Waals surface area contributed by atoms with E-state index in [4.69, 9.17) is 32.7 Å². The van der Waals surface area contributed by atoms with Crippen molar-refractivity contribution in [1.29, 1.82) is 0 Å². The first-order valence-corrected chi connectivity index (χ1v) is 7.51. The minimum absolute atomic E-state index is 0.168. The average Bonchev–Trinajstić information content (AvgIpc) is 2.47.